The van der Waals surface area contributed by atoms with Crippen LogP contribution >= 0.6 is 0 Å². The SMILES string of the molecule is CC(C)Oc1ccc(C([O-])=C2C(=O)C(=O)N(CCC[NH+](C)C)C2c2ccc(C(C)C)cc2)cc1. The zero-order valence-corrected chi connectivity index (χ0v) is 21.1. The van der Waals surface area contributed by atoms with Crippen LogP contribution in [-0.2, 0) is 9.59 Å². The summed E-state index contributed by atoms with van der Waals surface area (Å²) < 4.78 is 5.66. The van der Waals surface area contributed by atoms with Gasteiger partial charge in [-0.3, -0.25) is 9.59 Å². The lowest BCUT2D eigenvalue weighted by Gasteiger charge is -2.28. The monoisotopic (exact) mass is 464 g/mol. The van der Waals surface area contributed by atoms with Gasteiger partial charge < -0.3 is 19.6 Å². The molecular weight excluding hydrogens is 428 g/mol. The number of ketones is 1. The Kier molecular flexibility index (Phi) is 8.15. The average Bonchev–Trinajstić information content (AvgIpc) is 3.03. The van der Waals surface area contributed by atoms with E-state index in [1.807, 2.05) is 52.2 Å². The summed E-state index contributed by atoms with van der Waals surface area (Å²) in [6.07, 6.45) is 0.755. The summed E-state index contributed by atoms with van der Waals surface area (Å²) in [6, 6.07) is 14.0. The molecule has 2 aromatic carbocycles. The van der Waals surface area contributed by atoms with Crippen molar-refractivity contribution < 1.29 is 24.3 Å². The van der Waals surface area contributed by atoms with Crippen LogP contribution in [0.15, 0.2) is 54.1 Å². The molecule has 6 nitrogen and oxygen atoms in total. The van der Waals surface area contributed by atoms with Crippen molar-refractivity contribution in [1.82, 2.24) is 4.90 Å². The van der Waals surface area contributed by atoms with Gasteiger partial charge in [0.05, 0.1) is 32.8 Å². The van der Waals surface area contributed by atoms with E-state index in [4.69, 9.17) is 4.74 Å². The Morgan fingerprint density at radius 2 is 1.62 bits per heavy atom. The summed E-state index contributed by atoms with van der Waals surface area (Å²) >= 11 is 0. The highest BCUT2D eigenvalue weighted by atomic mass is 16.5. The molecule has 6 heteroatoms. The predicted molar refractivity (Wildman–Crippen MR) is 131 cm³/mol. The summed E-state index contributed by atoms with van der Waals surface area (Å²) in [7, 11) is 4.10. The van der Waals surface area contributed by atoms with Crippen LogP contribution in [0.25, 0.3) is 5.76 Å². The molecule has 34 heavy (non-hydrogen) atoms. The van der Waals surface area contributed by atoms with E-state index in [-0.39, 0.29) is 11.7 Å². The Morgan fingerprint density at radius 3 is 2.15 bits per heavy atom. The lowest BCUT2D eigenvalue weighted by atomic mass is 9.93. The Morgan fingerprint density at radius 1 is 1.00 bits per heavy atom. The fraction of sp³-hybridized carbons (Fsp3) is 0.429. The summed E-state index contributed by atoms with van der Waals surface area (Å²) in [5, 5.41) is 13.5. The molecule has 1 aliphatic heterocycles. The number of quaternary nitrogens is 1. The number of benzene rings is 2. The van der Waals surface area contributed by atoms with Gasteiger partial charge >= 0.3 is 0 Å². The highest BCUT2D eigenvalue weighted by Crippen LogP contribution is 2.39. The molecule has 182 valence electrons. The van der Waals surface area contributed by atoms with Gasteiger partial charge in [-0.15, -0.1) is 0 Å². The largest absolute Gasteiger partial charge is 0.872 e. The Hall–Kier alpha value is -3.12. The van der Waals surface area contributed by atoms with Gasteiger partial charge in [0.2, 0.25) is 5.78 Å². The predicted octanol–water partition coefficient (Wildman–Crippen LogP) is 2.36. The average molecular weight is 465 g/mol. The topological polar surface area (TPSA) is 74.1 Å². The number of ether oxygens (including phenoxy) is 1. The quantitative estimate of drug-likeness (QED) is 0.351. The van der Waals surface area contributed by atoms with E-state index in [9.17, 15) is 14.7 Å². The van der Waals surface area contributed by atoms with Gasteiger partial charge in [-0.1, -0.05) is 56.0 Å². The molecule has 0 aromatic heterocycles. The van der Waals surface area contributed by atoms with Crippen LogP contribution in [-0.4, -0.2) is 49.9 Å². The maximum atomic E-state index is 13.5. The molecule has 0 bridgehead atoms. The van der Waals surface area contributed by atoms with Gasteiger partial charge in [-0.25, -0.2) is 0 Å². The fourth-order valence-electron chi connectivity index (χ4n) is 4.23. The number of nitrogens with one attached hydrogen (secondary N) is 1. The number of rotatable bonds is 9. The second-order valence-corrected chi connectivity index (χ2v) is 9.80. The molecular formula is C28H36N2O4. The van der Waals surface area contributed by atoms with Crippen molar-refractivity contribution in [2.45, 2.75) is 52.2 Å². The lowest BCUT2D eigenvalue weighted by molar-refractivity contribution is -0.858. The molecule has 0 saturated carbocycles. The van der Waals surface area contributed by atoms with Gasteiger partial charge in [-0.05, 0) is 48.6 Å². The number of likely N-dealkylation sites (tertiary alicyclic amines) is 1. The van der Waals surface area contributed by atoms with Gasteiger partial charge in [-0.2, -0.15) is 0 Å². The number of hydrogen-bond acceptors (Lipinski definition) is 4. The van der Waals surface area contributed by atoms with Crippen LogP contribution in [0.5, 0.6) is 5.75 Å². The standard InChI is InChI=1S/C28H36N2O4/c1-18(2)20-8-10-21(11-9-20)25-24(27(32)28(33)30(25)17-7-16-29(5)6)26(31)22-12-14-23(15-13-22)34-19(3)4/h8-15,18-19,25,31H,7,16-17H2,1-6H3. The lowest BCUT2D eigenvalue weighted by Crippen LogP contribution is -3.05. The van der Waals surface area contributed by atoms with Crippen LogP contribution < -0.4 is 14.7 Å². The number of carbonyl (C=O) groups is 2. The summed E-state index contributed by atoms with van der Waals surface area (Å²) in [5.74, 6) is -0.707. The number of hydrogen-bond donors (Lipinski definition) is 1. The van der Waals surface area contributed by atoms with E-state index < -0.39 is 23.5 Å². The first-order chi connectivity index (χ1) is 16.1. The second kappa shape index (κ2) is 10.9. The zero-order valence-electron chi connectivity index (χ0n) is 21.1. The smallest absolute Gasteiger partial charge is 0.295 e. The number of Topliss-reactive ketones (excluding diaryl/α,β-unsaturated/α-hetero) is 1. The minimum Gasteiger partial charge on any atom is -0.872 e. The van der Waals surface area contributed by atoms with Crippen molar-refractivity contribution in [2.24, 2.45) is 0 Å². The van der Waals surface area contributed by atoms with E-state index in [1.165, 1.54) is 4.90 Å². The molecule has 0 radical (unpaired) electrons. The molecule has 2 aromatic rings. The summed E-state index contributed by atoms with van der Waals surface area (Å²) in [6.45, 7) is 9.36. The number of carbonyl (C=O) groups excluding carboxylic acids is 2. The van der Waals surface area contributed by atoms with Gasteiger partial charge in [0, 0.05) is 18.5 Å². The molecule has 1 fully saturated rings. The minimum atomic E-state index is -0.706. The Labute approximate surface area is 202 Å². The van der Waals surface area contributed by atoms with Crippen molar-refractivity contribution >= 4 is 17.4 Å². The molecule has 3 rings (SSSR count). The van der Waals surface area contributed by atoms with Crippen molar-refractivity contribution in [2.75, 3.05) is 27.2 Å². The molecule has 0 aliphatic carbocycles. The Balaban J connectivity index is 2.04. The van der Waals surface area contributed by atoms with Crippen molar-refractivity contribution in [1.29, 1.82) is 0 Å². The molecule has 1 heterocycles. The normalized spacial score (nSPS) is 17.9. The highest BCUT2D eigenvalue weighted by molar-refractivity contribution is 6.46. The van der Waals surface area contributed by atoms with E-state index >= 15 is 0 Å². The maximum Gasteiger partial charge on any atom is 0.295 e. The summed E-state index contributed by atoms with van der Waals surface area (Å²) in [5.41, 5.74) is 2.34. The van der Waals surface area contributed by atoms with Gasteiger partial charge in [0.1, 0.15) is 5.75 Å². The third-order valence-corrected chi connectivity index (χ3v) is 6.01. The second-order valence-electron chi connectivity index (χ2n) is 9.80. The molecule has 1 atom stereocenters. The maximum absolute atomic E-state index is 13.5. The fourth-order valence-corrected chi connectivity index (χ4v) is 4.23. The molecule has 1 unspecified atom stereocenters. The first-order valence-electron chi connectivity index (χ1n) is 12.0. The molecule has 1 aliphatic rings. The van der Waals surface area contributed by atoms with Crippen LogP contribution in [0.2, 0.25) is 0 Å². The van der Waals surface area contributed by atoms with E-state index in [2.05, 4.69) is 13.8 Å². The Bertz CT molecular complexity index is 1040. The zero-order chi connectivity index (χ0) is 25.0. The number of amides is 1. The first kappa shape index (κ1) is 25.5. The van der Waals surface area contributed by atoms with E-state index in [0.29, 0.717) is 23.8 Å². The van der Waals surface area contributed by atoms with Crippen LogP contribution in [0.4, 0.5) is 0 Å². The third kappa shape index (κ3) is 5.68. The third-order valence-electron chi connectivity index (χ3n) is 6.01. The molecule has 1 N–H and O–H groups in total. The van der Waals surface area contributed by atoms with E-state index in [1.54, 1.807) is 29.2 Å². The van der Waals surface area contributed by atoms with Gasteiger partial charge in [0.15, 0.2) is 0 Å². The first-order valence-corrected chi connectivity index (χ1v) is 12.0. The van der Waals surface area contributed by atoms with Crippen LogP contribution in [0.1, 0.15) is 62.8 Å². The highest BCUT2D eigenvalue weighted by Gasteiger charge is 2.43. The van der Waals surface area contributed by atoms with Crippen molar-refractivity contribution in [3.8, 4) is 5.75 Å². The van der Waals surface area contributed by atoms with E-state index in [0.717, 1.165) is 24.1 Å². The summed E-state index contributed by atoms with van der Waals surface area (Å²) in [4.78, 5) is 29.0. The van der Waals surface area contributed by atoms with Crippen molar-refractivity contribution in [3.63, 3.8) is 0 Å². The van der Waals surface area contributed by atoms with Crippen LogP contribution in [0, 0.1) is 0 Å². The minimum absolute atomic E-state index is 0.0145. The number of nitrogens with zero attached hydrogens (tertiary/aromatic N) is 1. The van der Waals surface area contributed by atoms with Crippen molar-refractivity contribution in [3.05, 3.63) is 70.8 Å². The van der Waals surface area contributed by atoms with Crippen LogP contribution in [0.3, 0.4) is 0 Å². The molecule has 1 saturated heterocycles. The van der Waals surface area contributed by atoms with Gasteiger partial charge in [0.25, 0.3) is 5.91 Å². The molecule has 0 spiro atoms. The molecule has 1 amide bonds.